The van der Waals surface area contributed by atoms with E-state index >= 15 is 0 Å². The number of methoxy groups -OCH3 is 1. The number of rotatable bonds is 5. The van der Waals surface area contributed by atoms with E-state index < -0.39 is 0 Å². The van der Waals surface area contributed by atoms with E-state index in [4.69, 9.17) is 15.2 Å². The summed E-state index contributed by atoms with van der Waals surface area (Å²) in [7, 11) is 1.62. The van der Waals surface area contributed by atoms with Crippen molar-refractivity contribution in [2.24, 2.45) is 5.73 Å². The van der Waals surface area contributed by atoms with Gasteiger partial charge in [0.2, 0.25) is 5.91 Å². The normalized spacial score (nSPS) is 22.2. The zero-order valence-corrected chi connectivity index (χ0v) is 11.1. The molecule has 1 saturated heterocycles. The molecule has 1 amide bonds. The highest BCUT2D eigenvalue weighted by molar-refractivity contribution is 5.81. The minimum absolute atomic E-state index is 0.0209. The molecule has 1 heterocycles. The number of amides is 1. The molecule has 0 unspecified atom stereocenters. The molecule has 1 fully saturated rings. The highest BCUT2D eigenvalue weighted by Crippen LogP contribution is 2.19. The molecular weight excluding hydrogens is 244 g/mol. The molecule has 1 aromatic rings. The highest BCUT2D eigenvalue weighted by atomic mass is 16.5. The summed E-state index contributed by atoms with van der Waals surface area (Å²) < 4.78 is 10.7. The van der Waals surface area contributed by atoms with Crippen molar-refractivity contribution in [2.75, 3.05) is 13.7 Å². The van der Waals surface area contributed by atoms with E-state index in [9.17, 15) is 4.79 Å². The minimum atomic E-state index is -0.362. The van der Waals surface area contributed by atoms with Crippen molar-refractivity contribution in [1.29, 1.82) is 0 Å². The number of nitrogens with one attached hydrogen (secondary N) is 1. The topological polar surface area (TPSA) is 73.6 Å². The average molecular weight is 264 g/mol. The average Bonchev–Trinajstić information content (AvgIpc) is 2.94. The Morgan fingerprint density at radius 2 is 2.37 bits per heavy atom. The maximum absolute atomic E-state index is 11.9. The van der Waals surface area contributed by atoms with Gasteiger partial charge in [0.1, 0.15) is 11.9 Å². The Labute approximate surface area is 113 Å². The van der Waals surface area contributed by atoms with Crippen LogP contribution in [0, 0.1) is 0 Å². The Bertz CT molecular complexity index is 436. The van der Waals surface area contributed by atoms with Crippen LogP contribution >= 0.6 is 0 Å². The smallest absolute Gasteiger partial charge is 0.249 e. The quantitative estimate of drug-likeness (QED) is 0.825. The lowest BCUT2D eigenvalue weighted by Gasteiger charge is -2.13. The molecule has 2 atom stereocenters. The molecule has 19 heavy (non-hydrogen) atoms. The molecule has 0 spiro atoms. The van der Waals surface area contributed by atoms with Gasteiger partial charge in [-0.05, 0) is 30.5 Å². The summed E-state index contributed by atoms with van der Waals surface area (Å²) in [6.45, 7) is 0.947. The van der Waals surface area contributed by atoms with Crippen molar-refractivity contribution in [3.8, 4) is 5.75 Å². The third-order valence-electron chi connectivity index (χ3n) is 3.26. The van der Waals surface area contributed by atoms with Gasteiger partial charge in [-0.15, -0.1) is 0 Å². The molecule has 1 aliphatic rings. The van der Waals surface area contributed by atoms with Crippen LogP contribution in [0.5, 0.6) is 5.75 Å². The first-order valence-electron chi connectivity index (χ1n) is 6.49. The van der Waals surface area contributed by atoms with E-state index in [2.05, 4.69) is 5.32 Å². The number of carbonyl (C=O) groups is 1. The Hall–Kier alpha value is -1.59. The zero-order valence-electron chi connectivity index (χ0n) is 11.1. The number of benzene rings is 1. The predicted molar refractivity (Wildman–Crippen MR) is 71.8 cm³/mol. The predicted octanol–water partition coefficient (Wildman–Crippen LogP) is 0.818. The monoisotopic (exact) mass is 264 g/mol. The van der Waals surface area contributed by atoms with E-state index in [0.29, 0.717) is 13.1 Å². The number of nitrogens with two attached hydrogens (primary N) is 1. The lowest BCUT2D eigenvalue weighted by molar-refractivity contribution is -0.132. The number of carbonyl (C=O) groups excluding carboxylic acids is 1. The summed E-state index contributed by atoms with van der Waals surface area (Å²) in [5, 5.41) is 2.88. The summed E-state index contributed by atoms with van der Waals surface area (Å²) in [6.07, 6.45) is 1.26. The Balaban J connectivity index is 1.83. The molecule has 1 aromatic carbocycles. The summed E-state index contributed by atoms with van der Waals surface area (Å²) in [4.78, 5) is 11.9. The van der Waals surface area contributed by atoms with E-state index in [1.165, 1.54) is 0 Å². The molecule has 5 nitrogen and oxygen atoms in total. The van der Waals surface area contributed by atoms with E-state index in [0.717, 1.165) is 24.2 Å². The van der Waals surface area contributed by atoms with Crippen LogP contribution in [-0.2, 0) is 16.1 Å². The van der Waals surface area contributed by atoms with Gasteiger partial charge < -0.3 is 20.5 Å². The minimum Gasteiger partial charge on any atom is -0.497 e. The van der Waals surface area contributed by atoms with Gasteiger partial charge in [-0.2, -0.15) is 0 Å². The summed E-state index contributed by atoms with van der Waals surface area (Å²) in [6, 6.07) is 7.62. The lowest BCUT2D eigenvalue weighted by atomic mass is 10.1. The fourth-order valence-corrected chi connectivity index (χ4v) is 2.16. The Morgan fingerprint density at radius 1 is 1.53 bits per heavy atom. The molecule has 0 aliphatic carbocycles. The van der Waals surface area contributed by atoms with Crippen LogP contribution in [0.4, 0.5) is 0 Å². The number of hydrogen-bond acceptors (Lipinski definition) is 4. The van der Waals surface area contributed by atoms with Crippen LogP contribution in [0.1, 0.15) is 18.4 Å². The van der Waals surface area contributed by atoms with Crippen LogP contribution in [0.15, 0.2) is 24.3 Å². The standard InChI is InChI=1S/C14H20N2O3/c1-18-11-4-2-3-10(7-11)9-16-14(17)13-6-5-12(8-15)19-13/h2-4,7,12-13H,5-6,8-9,15H2,1H3,(H,16,17)/t12-,13+/m1/s1. The van der Waals surface area contributed by atoms with Crippen molar-refractivity contribution in [1.82, 2.24) is 5.32 Å². The van der Waals surface area contributed by atoms with Gasteiger partial charge in [0.15, 0.2) is 0 Å². The SMILES string of the molecule is COc1cccc(CNC(=O)[C@@H]2CC[C@H](CN)O2)c1. The largest absolute Gasteiger partial charge is 0.497 e. The molecule has 5 heteroatoms. The molecular formula is C14H20N2O3. The van der Waals surface area contributed by atoms with E-state index in [-0.39, 0.29) is 18.1 Å². The van der Waals surface area contributed by atoms with Crippen molar-refractivity contribution < 1.29 is 14.3 Å². The van der Waals surface area contributed by atoms with Crippen LogP contribution in [0.25, 0.3) is 0 Å². The molecule has 0 radical (unpaired) electrons. The van der Waals surface area contributed by atoms with Crippen molar-refractivity contribution >= 4 is 5.91 Å². The Kier molecular flexibility index (Phi) is 4.76. The van der Waals surface area contributed by atoms with Gasteiger partial charge in [0, 0.05) is 13.1 Å². The fourth-order valence-electron chi connectivity index (χ4n) is 2.16. The van der Waals surface area contributed by atoms with Gasteiger partial charge in [-0.1, -0.05) is 12.1 Å². The number of ether oxygens (including phenoxy) is 2. The molecule has 0 saturated carbocycles. The second-order valence-corrected chi connectivity index (χ2v) is 4.63. The van der Waals surface area contributed by atoms with Gasteiger partial charge in [-0.25, -0.2) is 0 Å². The highest BCUT2D eigenvalue weighted by Gasteiger charge is 2.29. The van der Waals surface area contributed by atoms with Gasteiger partial charge in [-0.3, -0.25) is 4.79 Å². The van der Waals surface area contributed by atoms with Crippen molar-refractivity contribution in [3.63, 3.8) is 0 Å². The first-order valence-corrected chi connectivity index (χ1v) is 6.49. The third-order valence-corrected chi connectivity index (χ3v) is 3.26. The Morgan fingerprint density at radius 3 is 3.05 bits per heavy atom. The van der Waals surface area contributed by atoms with E-state index in [1.54, 1.807) is 7.11 Å². The fraction of sp³-hybridized carbons (Fsp3) is 0.500. The molecule has 104 valence electrons. The van der Waals surface area contributed by atoms with Crippen LogP contribution < -0.4 is 15.8 Å². The second kappa shape index (κ2) is 6.54. The van der Waals surface area contributed by atoms with Gasteiger partial charge >= 0.3 is 0 Å². The number of hydrogen-bond donors (Lipinski definition) is 2. The van der Waals surface area contributed by atoms with Gasteiger partial charge in [0.05, 0.1) is 13.2 Å². The molecule has 2 rings (SSSR count). The molecule has 1 aliphatic heterocycles. The van der Waals surface area contributed by atoms with Crippen LogP contribution in [0.3, 0.4) is 0 Å². The van der Waals surface area contributed by atoms with Crippen LogP contribution in [-0.4, -0.2) is 31.8 Å². The first kappa shape index (κ1) is 13.8. The maximum atomic E-state index is 11.9. The van der Waals surface area contributed by atoms with Crippen molar-refractivity contribution in [2.45, 2.75) is 31.6 Å². The van der Waals surface area contributed by atoms with Crippen molar-refractivity contribution in [3.05, 3.63) is 29.8 Å². The van der Waals surface area contributed by atoms with Gasteiger partial charge in [0.25, 0.3) is 0 Å². The lowest BCUT2D eigenvalue weighted by Crippen LogP contribution is -2.35. The molecule has 3 N–H and O–H groups in total. The zero-order chi connectivity index (χ0) is 13.7. The molecule has 0 aromatic heterocycles. The summed E-state index contributed by atoms with van der Waals surface area (Å²) in [5.74, 6) is 0.714. The first-order chi connectivity index (χ1) is 9.22. The summed E-state index contributed by atoms with van der Waals surface area (Å²) >= 11 is 0. The third kappa shape index (κ3) is 3.68. The molecule has 0 bridgehead atoms. The van der Waals surface area contributed by atoms with E-state index in [1.807, 2.05) is 24.3 Å². The second-order valence-electron chi connectivity index (χ2n) is 4.63. The van der Waals surface area contributed by atoms with Crippen LogP contribution in [0.2, 0.25) is 0 Å². The summed E-state index contributed by atoms with van der Waals surface area (Å²) in [5.41, 5.74) is 6.52. The maximum Gasteiger partial charge on any atom is 0.249 e.